The van der Waals surface area contributed by atoms with Crippen molar-refractivity contribution in [2.24, 2.45) is 0 Å². The zero-order valence-electron chi connectivity index (χ0n) is 7.58. The molecule has 12 heavy (non-hydrogen) atoms. The highest BCUT2D eigenvalue weighted by Crippen LogP contribution is 2.03. The standard InChI is InChI=1S/C9H14N2O/c1-3-4-5-11-6-9(7-12)8(2)10-11/h6-7H,3-5H2,1-2H3. The van der Waals surface area contributed by atoms with Crippen molar-refractivity contribution >= 4 is 6.29 Å². The van der Waals surface area contributed by atoms with E-state index in [0.717, 1.165) is 31.4 Å². The van der Waals surface area contributed by atoms with Crippen LogP contribution in [0, 0.1) is 6.92 Å². The molecular formula is C9H14N2O. The van der Waals surface area contributed by atoms with Crippen molar-refractivity contribution < 1.29 is 4.79 Å². The molecule has 0 saturated heterocycles. The van der Waals surface area contributed by atoms with Gasteiger partial charge in [-0.15, -0.1) is 0 Å². The SMILES string of the molecule is CCCCn1cc(C=O)c(C)n1. The summed E-state index contributed by atoms with van der Waals surface area (Å²) in [5.74, 6) is 0. The van der Waals surface area contributed by atoms with Crippen LogP contribution in [0.5, 0.6) is 0 Å². The number of aryl methyl sites for hydroxylation is 2. The summed E-state index contributed by atoms with van der Waals surface area (Å²) in [7, 11) is 0. The minimum Gasteiger partial charge on any atom is -0.298 e. The molecule has 0 aliphatic heterocycles. The van der Waals surface area contributed by atoms with E-state index in [2.05, 4.69) is 12.0 Å². The number of hydrogen-bond acceptors (Lipinski definition) is 2. The van der Waals surface area contributed by atoms with Gasteiger partial charge in [0.05, 0.1) is 11.3 Å². The van der Waals surface area contributed by atoms with Crippen molar-refractivity contribution in [3.8, 4) is 0 Å². The molecule has 0 amide bonds. The molecule has 0 aliphatic rings. The molecule has 66 valence electrons. The summed E-state index contributed by atoms with van der Waals surface area (Å²) in [4.78, 5) is 10.5. The Morgan fingerprint density at radius 3 is 2.92 bits per heavy atom. The molecule has 0 radical (unpaired) electrons. The molecule has 0 spiro atoms. The van der Waals surface area contributed by atoms with E-state index in [4.69, 9.17) is 0 Å². The van der Waals surface area contributed by atoms with E-state index in [-0.39, 0.29) is 0 Å². The second-order valence-electron chi connectivity index (χ2n) is 2.90. The first-order valence-electron chi connectivity index (χ1n) is 4.27. The van der Waals surface area contributed by atoms with Crippen molar-refractivity contribution in [1.29, 1.82) is 0 Å². The summed E-state index contributed by atoms with van der Waals surface area (Å²) >= 11 is 0. The van der Waals surface area contributed by atoms with Gasteiger partial charge in [-0.25, -0.2) is 0 Å². The molecule has 1 aromatic heterocycles. The van der Waals surface area contributed by atoms with Gasteiger partial charge in [0.2, 0.25) is 0 Å². The third kappa shape index (κ3) is 1.94. The Kier molecular flexibility index (Phi) is 3.02. The molecule has 3 nitrogen and oxygen atoms in total. The van der Waals surface area contributed by atoms with Gasteiger partial charge in [0.25, 0.3) is 0 Å². The number of unbranched alkanes of at least 4 members (excludes halogenated alkanes) is 1. The number of aldehydes is 1. The van der Waals surface area contributed by atoms with Crippen LogP contribution in [-0.2, 0) is 6.54 Å². The summed E-state index contributed by atoms with van der Waals surface area (Å²) in [6, 6.07) is 0. The highest BCUT2D eigenvalue weighted by molar-refractivity contribution is 5.75. The predicted molar refractivity (Wildman–Crippen MR) is 47.3 cm³/mol. The van der Waals surface area contributed by atoms with Gasteiger partial charge in [-0.05, 0) is 13.3 Å². The summed E-state index contributed by atoms with van der Waals surface area (Å²) in [5, 5.41) is 4.20. The largest absolute Gasteiger partial charge is 0.298 e. The Balaban J connectivity index is 2.68. The monoisotopic (exact) mass is 166 g/mol. The lowest BCUT2D eigenvalue weighted by atomic mass is 10.3. The van der Waals surface area contributed by atoms with Gasteiger partial charge in [-0.3, -0.25) is 9.48 Å². The number of aromatic nitrogens is 2. The summed E-state index contributed by atoms with van der Waals surface area (Å²) < 4.78 is 1.84. The first-order valence-corrected chi connectivity index (χ1v) is 4.27. The third-order valence-corrected chi connectivity index (χ3v) is 1.85. The Bertz CT molecular complexity index is 265. The van der Waals surface area contributed by atoms with Gasteiger partial charge < -0.3 is 0 Å². The second-order valence-corrected chi connectivity index (χ2v) is 2.90. The van der Waals surface area contributed by atoms with Crippen molar-refractivity contribution in [1.82, 2.24) is 9.78 Å². The fraction of sp³-hybridized carbons (Fsp3) is 0.556. The van der Waals surface area contributed by atoms with Crippen molar-refractivity contribution in [2.45, 2.75) is 33.2 Å². The van der Waals surface area contributed by atoms with Crippen LogP contribution in [0.25, 0.3) is 0 Å². The van der Waals surface area contributed by atoms with Gasteiger partial charge in [0.1, 0.15) is 0 Å². The van der Waals surface area contributed by atoms with E-state index in [1.807, 2.05) is 11.6 Å². The Morgan fingerprint density at radius 2 is 2.42 bits per heavy atom. The lowest BCUT2D eigenvalue weighted by Crippen LogP contribution is -1.97. The van der Waals surface area contributed by atoms with Gasteiger partial charge >= 0.3 is 0 Å². The summed E-state index contributed by atoms with van der Waals surface area (Å²) in [6.07, 6.45) is 4.91. The van der Waals surface area contributed by atoms with E-state index < -0.39 is 0 Å². The van der Waals surface area contributed by atoms with E-state index >= 15 is 0 Å². The van der Waals surface area contributed by atoms with Crippen molar-refractivity contribution in [2.75, 3.05) is 0 Å². The Hall–Kier alpha value is -1.12. The molecule has 1 aromatic rings. The topological polar surface area (TPSA) is 34.9 Å². The van der Waals surface area contributed by atoms with Gasteiger partial charge in [-0.1, -0.05) is 13.3 Å². The highest BCUT2D eigenvalue weighted by atomic mass is 16.1. The molecule has 1 heterocycles. The predicted octanol–water partition coefficient (Wildman–Crippen LogP) is 1.80. The molecule has 0 fully saturated rings. The molecular weight excluding hydrogens is 152 g/mol. The number of carbonyl (C=O) groups excluding carboxylic acids is 1. The molecule has 0 unspecified atom stereocenters. The van der Waals surface area contributed by atoms with Gasteiger partial charge in [0.15, 0.2) is 6.29 Å². The molecule has 0 saturated carbocycles. The van der Waals surface area contributed by atoms with Crippen LogP contribution in [0.2, 0.25) is 0 Å². The van der Waals surface area contributed by atoms with Crippen LogP contribution in [0.15, 0.2) is 6.20 Å². The zero-order valence-corrected chi connectivity index (χ0v) is 7.58. The van der Waals surface area contributed by atoms with Crippen LogP contribution in [0.4, 0.5) is 0 Å². The maximum atomic E-state index is 10.5. The van der Waals surface area contributed by atoms with E-state index in [1.54, 1.807) is 6.20 Å². The van der Waals surface area contributed by atoms with Crippen molar-refractivity contribution in [3.63, 3.8) is 0 Å². The Morgan fingerprint density at radius 1 is 1.67 bits per heavy atom. The average Bonchev–Trinajstić information content (AvgIpc) is 2.43. The fourth-order valence-corrected chi connectivity index (χ4v) is 1.08. The van der Waals surface area contributed by atoms with E-state index in [0.29, 0.717) is 5.56 Å². The fourth-order valence-electron chi connectivity index (χ4n) is 1.08. The van der Waals surface area contributed by atoms with Crippen LogP contribution in [0.1, 0.15) is 35.8 Å². The molecule has 0 atom stereocenters. The molecule has 0 aromatic carbocycles. The number of carbonyl (C=O) groups is 1. The number of hydrogen-bond donors (Lipinski definition) is 0. The van der Waals surface area contributed by atoms with Crippen LogP contribution >= 0.6 is 0 Å². The molecule has 0 aliphatic carbocycles. The molecule has 3 heteroatoms. The molecule has 0 N–H and O–H groups in total. The normalized spacial score (nSPS) is 10.2. The van der Waals surface area contributed by atoms with E-state index in [1.165, 1.54) is 0 Å². The lowest BCUT2D eigenvalue weighted by molar-refractivity contribution is 0.112. The first-order chi connectivity index (χ1) is 5.77. The maximum absolute atomic E-state index is 10.5. The lowest BCUT2D eigenvalue weighted by Gasteiger charge is -1.96. The summed E-state index contributed by atoms with van der Waals surface area (Å²) in [6.45, 7) is 4.90. The Labute approximate surface area is 72.4 Å². The van der Waals surface area contributed by atoms with E-state index in [9.17, 15) is 4.79 Å². The number of nitrogens with zero attached hydrogens (tertiary/aromatic N) is 2. The minimum atomic E-state index is 0.700. The highest BCUT2D eigenvalue weighted by Gasteiger charge is 2.01. The van der Waals surface area contributed by atoms with Gasteiger partial charge in [0, 0.05) is 12.7 Å². The second kappa shape index (κ2) is 4.04. The maximum Gasteiger partial charge on any atom is 0.153 e. The first kappa shape index (κ1) is 8.97. The number of rotatable bonds is 4. The zero-order chi connectivity index (χ0) is 8.97. The van der Waals surface area contributed by atoms with Crippen molar-refractivity contribution in [3.05, 3.63) is 17.5 Å². The van der Waals surface area contributed by atoms with Crippen LogP contribution in [0.3, 0.4) is 0 Å². The summed E-state index contributed by atoms with van der Waals surface area (Å²) in [5.41, 5.74) is 1.52. The van der Waals surface area contributed by atoms with Gasteiger partial charge in [-0.2, -0.15) is 5.10 Å². The minimum absolute atomic E-state index is 0.700. The van der Waals surface area contributed by atoms with Crippen LogP contribution in [-0.4, -0.2) is 16.1 Å². The quantitative estimate of drug-likeness (QED) is 0.639. The third-order valence-electron chi connectivity index (χ3n) is 1.85. The molecule has 0 bridgehead atoms. The molecule has 1 rings (SSSR count). The van der Waals surface area contributed by atoms with Crippen LogP contribution < -0.4 is 0 Å². The smallest absolute Gasteiger partial charge is 0.153 e. The average molecular weight is 166 g/mol.